The minimum atomic E-state index is -0.579. The Bertz CT molecular complexity index is 1110. The average molecular weight is 417 g/mol. The van der Waals surface area contributed by atoms with E-state index in [0.717, 1.165) is 0 Å². The van der Waals surface area contributed by atoms with E-state index < -0.39 is 10.9 Å². The molecule has 10 nitrogen and oxygen atoms in total. The summed E-state index contributed by atoms with van der Waals surface area (Å²) in [6.45, 7) is 0.275. The number of benzene rings is 2. The van der Waals surface area contributed by atoms with Crippen LogP contribution in [0.1, 0.15) is 15.9 Å². The van der Waals surface area contributed by atoms with Crippen molar-refractivity contribution in [2.45, 2.75) is 0 Å². The Balaban J connectivity index is 1.52. The Kier molecular flexibility index (Phi) is 6.15. The van der Waals surface area contributed by atoms with Crippen LogP contribution in [0.25, 0.3) is 17.1 Å². The van der Waals surface area contributed by atoms with E-state index in [1.165, 1.54) is 24.3 Å². The summed E-state index contributed by atoms with van der Waals surface area (Å²) in [5.41, 5.74) is 1.48. The topological polar surface area (TPSA) is 137 Å². The highest BCUT2D eigenvalue weighted by Gasteiger charge is 2.19. The molecule has 0 spiro atoms. The summed E-state index contributed by atoms with van der Waals surface area (Å²) >= 11 is 5.92. The first-order valence-corrected chi connectivity index (χ1v) is 8.60. The number of aldehydes is 1. The monoisotopic (exact) mass is 416 g/mol. The number of hydrogen-bond donors (Lipinski definition) is 1. The molecule has 11 heteroatoms. The Morgan fingerprint density at radius 1 is 1.28 bits per heavy atom. The number of carbonyl (C=O) groups excluding carboxylic acids is 2. The second-order valence-electron chi connectivity index (χ2n) is 5.68. The number of non-ortho nitro benzene ring substituents is 1. The molecule has 0 aliphatic heterocycles. The average Bonchev–Trinajstić information content (AvgIpc) is 3.19. The number of carbonyl (C=O) groups is 2. The lowest BCUT2D eigenvalue weighted by molar-refractivity contribution is -0.383. The predicted octanol–water partition coefficient (Wildman–Crippen LogP) is 3.27. The fraction of sp³-hybridized carbons (Fsp3) is 0.111. The Morgan fingerprint density at radius 3 is 2.79 bits per heavy atom. The van der Waals surface area contributed by atoms with Gasteiger partial charge >= 0.3 is 11.7 Å². The summed E-state index contributed by atoms with van der Waals surface area (Å²) in [5.74, 6) is -0.570. The molecule has 148 valence electrons. The zero-order chi connectivity index (χ0) is 20.8. The summed E-state index contributed by atoms with van der Waals surface area (Å²) in [4.78, 5) is 32.9. The maximum Gasteiger partial charge on any atom is 0.330 e. The Hall–Kier alpha value is -3.79. The van der Waals surface area contributed by atoms with Crippen molar-refractivity contribution in [2.24, 2.45) is 0 Å². The molecular formula is C18H13ClN4O6. The molecule has 0 unspecified atom stereocenters. The van der Waals surface area contributed by atoms with E-state index in [1.807, 2.05) is 0 Å². The lowest BCUT2D eigenvalue weighted by Gasteiger charge is -2.06. The third kappa shape index (κ3) is 4.74. The fourth-order valence-electron chi connectivity index (χ4n) is 2.44. The van der Waals surface area contributed by atoms with Crippen LogP contribution in [0.5, 0.6) is 0 Å². The van der Waals surface area contributed by atoms with E-state index in [-0.39, 0.29) is 34.9 Å². The van der Waals surface area contributed by atoms with Gasteiger partial charge in [-0.3, -0.25) is 14.9 Å². The number of nitrogens with one attached hydrogen (secondary N) is 1. The van der Waals surface area contributed by atoms with Crippen LogP contribution in [0.15, 0.2) is 41.0 Å². The van der Waals surface area contributed by atoms with Gasteiger partial charge in [0.05, 0.1) is 15.6 Å². The van der Waals surface area contributed by atoms with Crippen molar-refractivity contribution in [1.29, 1.82) is 0 Å². The molecule has 2 aromatic carbocycles. The van der Waals surface area contributed by atoms with Gasteiger partial charge in [0.25, 0.3) is 0 Å². The number of halogens is 1. The third-order valence-corrected chi connectivity index (χ3v) is 4.14. The zero-order valence-corrected chi connectivity index (χ0v) is 15.5. The van der Waals surface area contributed by atoms with Crippen LogP contribution >= 0.6 is 11.6 Å². The molecule has 0 aliphatic carbocycles. The SMILES string of the molecule is O=Cc1ccc(/C=C/C(=O)OCCNc2ccc([N+](=O)[O-])c3nonc23)cc1Cl. The molecule has 0 saturated heterocycles. The number of esters is 1. The third-order valence-electron chi connectivity index (χ3n) is 3.82. The largest absolute Gasteiger partial charge is 0.461 e. The molecule has 3 rings (SSSR count). The number of nitro groups is 1. The molecule has 1 heterocycles. The highest BCUT2D eigenvalue weighted by molar-refractivity contribution is 6.33. The highest BCUT2D eigenvalue weighted by atomic mass is 35.5. The van der Waals surface area contributed by atoms with E-state index >= 15 is 0 Å². The molecule has 0 saturated carbocycles. The van der Waals surface area contributed by atoms with E-state index in [1.54, 1.807) is 18.2 Å². The molecule has 1 N–H and O–H groups in total. The van der Waals surface area contributed by atoms with Gasteiger partial charge in [0.2, 0.25) is 5.52 Å². The van der Waals surface area contributed by atoms with Crippen molar-refractivity contribution < 1.29 is 23.9 Å². The van der Waals surface area contributed by atoms with Crippen molar-refractivity contribution in [3.63, 3.8) is 0 Å². The molecule has 0 fully saturated rings. The lowest BCUT2D eigenvalue weighted by atomic mass is 10.1. The van der Waals surface area contributed by atoms with Crippen LogP contribution in [0, 0.1) is 10.1 Å². The summed E-state index contributed by atoms with van der Waals surface area (Å²) in [6, 6.07) is 7.51. The first-order chi connectivity index (χ1) is 14.0. The smallest absolute Gasteiger partial charge is 0.330 e. The number of nitro benzene ring substituents is 1. The number of aromatic nitrogens is 2. The van der Waals surface area contributed by atoms with Gasteiger partial charge in [0.1, 0.15) is 6.61 Å². The Labute approximate surface area is 168 Å². The molecule has 0 atom stereocenters. The molecule has 0 aliphatic rings. The first-order valence-electron chi connectivity index (χ1n) is 8.22. The van der Waals surface area contributed by atoms with Gasteiger partial charge in [-0.25, -0.2) is 9.42 Å². The number of hydrogen-bond acceptors (Lipinski definition) is 9. The molecule has 0 radical (unpaired) electrons. The van der Waals surface area contributed by atoms with Crippen LogP contribution in [0.4, 0.5) is 11.4 Å². The normalized spacial score (nSPS) is 10.9. The highest BCUT2D eigenvalue weighted by Crippen LogP contribution is 2.28. The minimum absolute atomic E-state index is 0.0270. The van der Waals surface area contributed by atoms with Gasteiger partial charge in [0.15, 0.2) is 11.8 Å². The van der Waals surface area contributed by atoms with Crippen molar-refractivity contribution >= 4 is 52.3 Å². The standard InChI is InChI=1S/C18H13ClN4O6/c19-13-9-11(1-3-12(13)10-24)2-6-16(25)28-8-7-20-14-4-5-15(23(26)27)18-17(14)21-29-22-18/h1-6,9-10,20H,7-8H2/b6-2+. The summed E-state index contributed by atoms with van der Waals surface area (Å²) in [5, 5.41) is 21.4. The van der Waals surface area contributed by atoms with Gasteiger partial charge in [-0.15, -0.1) is 0 Å². The van der Waals surface area contributed by atoms with E-state index in [0.29, 0.717) is 23.1 Å². The van der Waals surface area contributed by atoms with Crippen molar-refractivity contribution in [3.8, 4) is 0 Å². The maximum atomic E-state index is 11.8. The molecule has 0 bridgehead atoms. The van der Waals surface area contributed by atoms with Gasteiger partial charge in [0, 0.05) is 24.3 Å². The zero-order valence-electron chi connectivity index (χ0n) is 14.7. The quantitative estimate of drug-likeness (QED) is 0.146. The number of ether oxygens (including phenoxy) is 1. The number of rotatable bonds is 8. The van der Waals surface area contributed by atoms with Gasteiger partial charge < -0.3 is 10.1 Å². The maximum absolute atomic E-state index is 11.8. The van der Waals surface area contributed by atoms with Crippen LogP contribution in [0.2, 0.25) is 5.02 Å². The van der Waals surface area contributed by atoms with Crippen LogP contribution < -0.4 is 5.32 Å². The van der Waals surface area contributed by atoms with E-state index in [4.69, 9.17) is 16.3 Å². The number of anilines is 1. The second kappa shape index (κ2) is 8.93. The van der Waals surface area contributed by atoms with Crippen molar-refractivity contribution in [2.75, 3.05) is 18.5 Å². The molecule has 1 aromatic heterocycles. The number of fused-ring (bicyclic) bond motifs is 1. The molecular weight excluding hydrogens is 404 g/mol. The van der Waals surface area contributed by atoms with E-state index in [9.17, 15) is 19.7 Å². The predicted molar refractivity (Wildman–Crippen MR) is 104 cm³/mol. The van der Waals surface area contributed by atoms with Gasteiger partial charge in [-0.1, -0.05) is 17.7 Å². The Morgan fingerprint density at radius 2 is 2.07 bits per heavy atom. The fourth-order valence-corrected chi connectivity index (χ4v) is 2.67. The summed E-state index contributed by atoms with van der Waals surface area (Å²) < 4.78 is 9.64. The second-order valence-corrected chi connectivity index (χ2v) is 6.08. The van der Waals surface area contributed by atoms with Crippen LogP contribution in [-0.2, 0) is 9.53 Å². The minimum Gasteiger partial charge on any atom is -0.461 e. The van der Waals surface area contributed by atoms with E-state index in [2.05, 4.69) is 20.3 Å². The van der Waals surface area contributed by atoms with Crippen molar-refractivity contribution in [3.05, 3.63) is 62.7 Å². The number of nitrogens with zero attached hydrogens (tertiary/aromatic N) is 3. The van der Waals surface area contributed by atoms with Crippen LogP contribution in [0.3, 0.4) is 0 Å². The van der Waals surface area contributed by atoms with Crippen LogP contribution in [-0.4, -0.2) is 40.6 Å². The first kappa shape index (κ1) is 20.0. The summed E-state index contributed by atoms with van der Waals surface area (Å²) in [7, 11) is 0. The van der Waals surface area contributed by atoms with Gasteiger partial charge in [-0.05, 0) is 40.2 Å². The lowest BCUT2D eigenvalue weighted by Crippen LogP contribution is -2.12. The summed E-state index contributed by atoms with van der Waals surface area (Å²) in [6.07, 6.45) is 3.39. The van der Waals surface area contributed by atoms with Crippen molar-refractivity contribution in [1.82, 2.24) is 10.3 Å². The molecule has 3 aromatic rings. The van der Waals surface area contributed by atoms with Gasteiger partial charge in [-0.2, -0.15) is 0 Å². The molecule has 0 amide bonds. The molecule has 29 heavy (non-hydrogen) atoms.